The van der Waals surface area contributed by atoms with Crippen LogP contribution in [0.4, 0.5) is 0 Å². The molecule has 0 spiro atoms. The molecule has 1 fully saturated rings. The first-order valence-corrected chi connectivity index (χ1v) is 5.96. The van der Waals surface area contributed by atoms with Gasteiger partial charge < -0.3 is 5.11 Å². The molecule has 15 heavy (non-hydrogen) atoms. The van der Waals surface area contributed by atoms with Crippen molar-refractivity contribution in [3.05, 3.63) is 34.3 Å². The Morgan fingerprint density at radius 2 is 1.93 bits per heavy atom. The van der Waals surface area contributed by atoms with Crippen LogP contribution in [0.3, 0.4) is 0 Å². The molecule has 0 saturated heterocycles. The summed E-state index contributed by atoms with van der Waals surface area (Å²) < 4.78 is 1.04. The Morgan fingerprint density at radius 1 is 1.27 bits per heavy atom. The molecular weight excluding hydrogens is 256 g/mol. The summed E-state index contributed by atoms with van der Waals surface area (Å²) in [5.41, 5.74) is 1.16. The lowest BCUT2D eigenvalue weighted by atomic mass is 9.89. The summed E-state index contributed by atoms with van der Waals surface area (Å²) in [6, 6.07) is 8.01. The first-order chi connectivity index (χ1) is 7.18. The van der Waals surface area contributed by atoms with Crippen molar-refractivity contribution in [1.82, 2.24) is 0 Å². The predicted octanol–water partition coefficient (Wildman–Crippen LogP) is 3.42. The zero-order valence-corrected chi connectivity index (χ0v) is 9.90. The Morgan fingerprint density at radius 3 is 2.53 bits per heavy atom. The Labute approximate surface area is 97.4 Å². The third kappa shape index (κ3) is 2.23. The SMILES string of the molecule is O=C(O)C1CCCC1c1ccc(Br)cc1. The first kappa shape index (κ1) is 10.7. The van der Waals surface area contributed by atoms with Gasteiger partial charge in [0.05, 0.1) is 5.92 Å². The van der Waals surface area contributed by atoms with Crippen LogP contribution in [-0.2, 0) is 4.79 Å². The van der Waals surface area contributed by atoms with Crippen molar-refractivity contribution in [1.29, 1.82) is 0 Å². The van der Waals surface area contributed by atoms with Crippen LogP contribution in [0.15, 0.2) is 28.7 Å². The molecule has 2 unspecified atom stereocenters. The summed E-state index contributed by atoms with van der Waals surface area (Å²) in [5, 5.41) is 9.09. The zero-order chi connectivity index (χ0) is 10.8. The predicted molar refractivity (Wildman–Crippen MR) is 61.9 cm³/mol. The second-order valence-corrected chi connectivity index (χ2v) is 4.95. The standard InChI is InChI=1S/C12H13BrO2/c13-9-6-4-8(5-7-9)10-2-1-3-11(10)12(14)15/h4-7,10-11H,1-3H2,(H,14,15). The molecule has 2 nitrogen and oxygen atoms in total. The molecule has 2 rings (SSSR count). The molecule has 1 aliphatic carbocycles. The van der Waals surface area contributed by atoms with Gasteiger partial charge in [-0.15, -0.1) is 0 Å². The molecule has 0 radical (unpaired) electrons. The number of carboxylic acids is 1. The molecule has 3 heteroatoms. The minimum atomic E-state index is -0.652. The molecule has 1 N–H and O–H groups in total. The maximum Gasteiger partial charge on any atom is 0.307 e. The summed E-state index contributed by atoms with van der Waals surface area (Å²) in [4.78, 5) is 11.0. The largest absolute Gasteiger partial charge is 0.481 e. The Kier molecular flexibility index (Phi) is 3.10. The van der Waals surface area contributed by atoms with Crippen molar-refractivity contribution in [3.8, 4) is 0 Å². The Bertz CT molecular complexity index is 358. The summed E-state index contributed by atoms with van der Waals surface area (Å²) >= 11 is 3.38. The van der Waals surface area contributed by atoms with E-state index in [0.717, 1.165) is 29.3 Å². The number of aliphatic carboxylic acids is 1. The van der Waals surface area contributed by atoms with Gasteiger partial charge in [-0.2, -0.15) is 0 Å². The van der Waals surface area contributed by atoms with Crippen molar-refractivity contribution in [2.75, 3.05) is 0 Å². The highest BCUT2D eigenvalue weighted by Gasteiger charge is 2.33. The van der Waals surface area contributed by atoms with Gasteiger partial charge >= 0.3 is 5.97 Å². The van der Waals surface area contributed by atoms with E-state index < -0.39 is 5.97 Å². The van der Waals surface area contributed by atoms with E-state index in [9.17, 15) is 4.79 Å². The number of hydrogen-bond donors (Lipinski definition) is 1. The van der Waals surface area contributed by atoms with E-state index >= 15 is 0 Å². The van der Waals surface area contributed by atoms with E-state index in [2.05, 4.69) is 15.9 Å². The van der Waals surface area contributed by atoms with Gasteiger partial charge in [-0.25, -0.2) is 0 Å². The van der Waals surface area contributed by atoms with Crippen LogP contribution in [0, 0.1) is 5.92 Å². The molecule has 80 valence electrons. The highest BCUT2D eigenvalue weighted by Crippen LogP contribution is 2.39. The van der Waals surface area contributed by atoms with Crippen molar-refractivity contribution >= 4 is 21.9 Å². The van der Waals surface area contributed by atoms with E-state index in [1.807, 2.05) is 24.3 Å². The smallest absolute Gasteiger partial charge is 0.307 e. The molecular formula is C12H13BrO2. The molecule has 0 amide bonds. The van der Waals surface area contributed by atoms with Gasteiger partial charge in [0.15, 0.2) is 0 Å². The monoisotopic (exact) mass is 268 g/mol. The normalized spacial score (nSPS) is 25.4. The van der Waals surface area contributed by atoms with Crippen LogP contribution in [0.5, 0.6) is 0 Å². The van der Waals surface area contributed by atoms with Gasteiger partial charge in [-0.1, -0.05) is 34.5 Å². The Balaban J connectivity index is 2.22. The third-order valence-corrected chi connectivity index (χ3v) is 3.66. The molecule has 1 aromatic carbocycles. The number of rotatable bonds is 2. The lowest BCUT2D eigenvalue weighted by Gasteiger charge is -2.15. The van der Waals surface area contributed by atoms with Crippen molar-refractivity contribution in [2.45, 2.75) is 25.2 Å². The fraction of sp³-hybridized carbons (Fsp3) is 0.417. The molecule has 2 atom stereocenters. The average Bonchev–Trinajstić information content (AvgIpc) is 2.67. The van der Waals surface area contributed by atoms with Gasteiger partial charge in [0.1, 0.15) is 0 Å². The minimum absolute atomic E-state index is 0.189. The molecule has 1 aliphatic rings. The fourth-order valence-corrected chi connectivity index (χ4v) is 2.63. The molecule has 0 heterocycles. The molecule has 0 aliphatic heterocycles. The van der Waals surface area contributed by atoms with Crippen LogP contribution in [0.25, 0.3) is 0 Å². The highest BCUT2D eigenvalue weighted by atomic mass is 79.9. The number of carbonyl (C=O) groups is 1. The second kappa shape index (κ2) is 4.35. The lowest BCUT2D eigenvalue weighted by molar-refractivity contribution is -0.142. The van der Waals surface area contributed by atoms with E-state index in [1.54, 1.807) is 0 Å². The summed E-state index contributed by atoms with van der Waals surface area (Å²) in [6.45, 7) is 0. The lowest BCUT2D eigenvalue weighted by Crippen LogP contribution is -2.16. The summed E-state index contributed by atoms with van der Waals surface area (Å²) in [7, 11) is 0. The van der Waals surface area contributed by atoms with E-state index in [1.165, 1.54) is 0 Å². The number of benzene rings is 1. The number of hydrogen-bond acceptors (Lipinski definition) is 1. The first-order valence-electron chi connectivity index (χ1n) is 5.17. The molecule has 1 aromatic rings. The minimum Gasteiger partial charge on any atom is -0.481 e. The van der Waals surface area contributed by atoms with Crippen molar-refractivity contribution < 1.29 is 9.90 Å². The van der Waals surface area contributed by atoms with Gasteiger partial charge in [0.25, 0.3) is 0 Å². The van der Waals surface area contributed by atoms with Crippen LogP contribution in [0.1, 0.15) is 30.7 Å². The maximum absolute atomic E-state index is 11.0. The van der Waals surface area contributed by atoms with Crippen LogP contribution >= 0.6 is 15.9 Å². The van der Waals surface area contributed by atoms with Gasteiger partial charge in [0.2, 0.25) is 0 Å². The molecule has 0 aromatic heterocycles. The topological polar surface area (TPSA) is 37.3 Å². The van der Waals surface area contributed by atoms with Gasteiger partial charge in [-0.05, 0) is 36.5 Å². The second-order valence-electron chi connectivity index (χ2n) is 4.03. The van der Waals surface area contributed by atoms with Crippen molar-refractivity contribution in [2.24, 2.45) is 5.92 Å². The number of carboxylic acid groups (broad SMARTS) is 1. The van der Waals surface area contributed by atoms with Crippen LogP contribution < -0.4 is 0 Å². The number of halogens is 1. The van der Waals surface area contributed by atoms with E-state index in [0.29, 0.717) is 0 Å². The summed E-state index contributed by atoms with van der Waals surface area (Å²) in [6.07, 6.45) is 2.84. The summed E-state index contributed by atoms with van der Waals surface area (Å²) in [5.74, 6) is -0.637. The van der Waals surface area contributed by atoms with Crippen LogP contribution in [-0.4, -0.2) is 11.1 Å². The fourth-order valence-electron chi connectivity index (χ4n) is 2.36. The third-order valence-electron chi connectivity index (χ3n) is 3.13. The zero-order valence-electron chi connectivity index (χ0n) is 8.32. The Hall–Kier alpha value is -0.830. The van der Waals surface area contributed by atoms with E-state index in [-0.39, 0.29) is 11.8 Å². The maximum atomic E-state index is 11.0. The van der Waals surface area contributed by atoms with Crippen molar-refractivity contribution in [3.63, 3.8) is 0 Å². The van der Waals surface area contributed by atoms with Gasteiger partial charge in [0, 0.05) is 4.47 Å². The molecule has 0 bridgehead atoms. The molecule has 1 saturated carbocycles. The highest BCUT2D eigenvalue weighted by molar-refractivity contribution is 9.10. The average molecular weight is 269 g/mol. The van der Waals surface area contributed by atoms with Gasteiger partial charge in [-0.3, -0.25) is 4.79 Å². The van der Waals surface area contributed by atoms with E-state index in [4.69, 9.17) is 5.11 Å². The quantitative estimate of drug-likeness (QED) is 0.893. The van der Waals surface area contributed by atoms with Crippen LogP contribution in [0.2, 0.25) is 0 Å².